The summed E-state index contributed by atoms with van der Waals surface area (Å²) in [6.07, 6.45) is 1.05. The molecule has 1 fully saturated rings. The van der Waals surface area contributed by atoms with Crippen LogP contribution in [-0.4, -0.2) is 49.6 Å². The van der Waals surface area contributed by atoms with Gasteiger partial charge in [0.2, 0.25) is 5.91 Å². The van der Waals surface area contributed by atoms with Crippen molar-refractivity contribution in [3.63, 3.8) is 0 Å². The second kappa shape index (κ2) is 6.21. The normalized spacial score (nSPS) is 18.6. The fourth-order valence-electron chi connectivity index (χ4n) is 1.69. The zero-order chi connectivity index (χ0) is 12.1. The number of carbonyl (C=O) groups excluding carboxylic acids is 1. The predicted octanol–water partition coefficient (Wildman–Crippen LogP) is 0.441. The van der Waals surface area contributed by atoms with E-state index in [2.05, 4.69) is 29.4 Å². The molecule has 0 aromatic heterocycles. The van der Waals surface area contributed by atoms with Gasteiger partial charge in [0, 0.05) is 25.7 Å². The minimum absolute atomic E-state index is 0.0285. The third-order valence-corrected chi connectivity index (χ3v) is 3.35. The molecule has 0 saturated carbocycles. The molecule has 1 heterocycles. The molecule has 1 rings (SSSR count). The van der Waals surface area contributed by atoms with Crippen molar-refractivity contribution >= 4 is 5.91 Å². The van der Waals surface area contributed by atoms with Gasteiger partial charge in [-0.2, -0.15) is 0 Å². The second-order valence-electron chi connectivity index (χ2n) is 5.13. The van der Waals surface area contributed by atoms with E-state index in [4.69, 9.17) is 0 Å². The van der Waals surface area contributed by atoms with Gasteiger partial charge >= 0.3 is 0 Å². The zero-order valence-electron chi connectivity index (χ0n) is 10.9. The van der Waals surface area contributed by atoms with Crippen molar-refractivity contribution in [3.8, 4) is 0 Å². The topological polar surface area (TPSA) is 44.4 Å². The van der Waals surface area contributed by atoms with Gasteiger partial charge in [0.05, 0.1) is 6.04 Å². The quantitative estimate of drug-likeness (QED) is 0.692. The number of likely N-dealkylation sites (N-methyl/N-ethyl adjacent to an activating group) is 1. The molecular weight excluding hydrogens is 202 g/mol. The van der Waals surface area contributed by atoms with Gasteiger partial charge in [-0.15, -0.1) is 0 Å². The van der Waals surface area contributed by atoms with Crippen molar-refractivity contribution in [2.75, 3.05) is 26.7 Å². The first kappa shape index (κ1) is 13.5. The molecule has 1 aliphatic heterocycles. The van der Waals surface area contributed by atoms with Crippen LogP contribution in [0.1, 0.15) is 27.2 Å². The maximum Gasteiger partial charge on any atom is 0.237 e. The highest BCUT2D eigenvalue weighted by Crippen LogP contribution is 2.07. The lowest BCUT2D eigenvalue weighted by atomic mass is 10.1. The summed E-state index contributed by atoms with van der Waals surface area (Å²) in [6.45, 7) is 9.10. The highest BCUT2D eigenvalue weighted by molar-refractivity contribution is 5.81. The Morgan fingerprint density at radius 1 is 1.44 bits per heavy atom. The molecule has 0 radical (unpaired) electrons. The summed E-state index contributed by atoms with van der Waals surface area (Å²) >= 11 is 0. The first-order chi connectivity index (χ1) is 7.52. The number of hydrogen-bond acceptors (Lipinski definition) is 3. The van der Waals surface area contributed by atoms with Crippen LogP contribution in [0.15, 0.2) is 0 Å². The largest absolute Gasteiger partial charge is 0.355 e. The van der Waals surface area contributed by atoms with Crippen LogP contribution in [-0.2, 0) is 4.79 Å². The minimum Gasteiger partial charge on any atom is -0.355 e. The van der Waals surface area contributed by atoms with E-state index in [0.717, 1.165) is 26.1 Å². The van der Waals surface area contributed by atoms with E-state index in [0.29, 0.717) is 12.0 Å². The zero-order valence-corrected chi connectivity index (χ0v) is 10.9. The van der Waals surface area contributed by atoms with Crippen LogP contribution < -0.4 is 10.6 Å². The first-order valence-electron chi connectivity index (χ1n) is 6.22. The molecule has 0 bridgehead atoms. The molecular formula is C12H25N3O. The van der Waals surface area contributed by atoms with Gasteiger partial charge in [-0.05, 0) is 26.3 Å². The van der Waals surface area contributed by atoms with Crippen LogP contribution in [0.2, 0.25) is 0 Å². The number of amides is 1. The summed E-state index contributed by atoms with van der Waals surface area (Å²) in [5.41, 5.74) is 0. The van der Waals surface area contributed by atoms with E-state index >= 15 is 0 Å². The van der Waals surface area contributed by atoms with Crippen LogP contribution in [0.5, 0.6) is 0 Å². The molecule has 0 aliphatic carbocycles. The number of rotatable bonds is 6. The van der Waals surface area contributed by atoms with Crippen LogP contribution >= 0.6 is 0 Å². The molecule has 0 spiro atoms. The smallest absolute Gasteiger partial charge is 0.237 e. The Labute approximate surface area is 98.8 Å². The summed E-state index contributed by atoms with van der Waals surface area (Å²) < 4.78 is 0. The molecule has 1 atom stereocenters. The van der Waals surface area contributed by atoms with Gasteiger partial charge in [-0.25, -0.2) is 0 Å². The average Bonchev–Trinajstić information content (AvgIpc) is 2.13. The number of hydrogen-bond donors (Lipinski definition) is 2. The maximum absolute atomic E-state index is 11.8. The highest BCUT2D eigenvalue weighted by Gasteiger charge is 2.28. The Morgan fingerprint density at radius 2 is 2.06 bits per heavy atom. The lowest BCUT2D eigenvalue weighted by Gasteiger charge is -2.38. The molecule has 1 amide bonds. The van der Waals surface area contributed by atoms with E-state index in [-0.39, 0.29) is 11.9 Å². The monoisotopic (exact) mass is 227 g/mol. The summed E-state index contributed by atoms with van der Waals surface area (Å²) in [5.74, 6) is 0.791. The van der Waals surface area contributed by atoms with Gasteiger partial charge in [0.25, 0.3) is 0 Å². The summed E-state index contributed by atoms with van der Waals surface area (Å²) in [6, 6.07) is 0.491. The Kier molecular flexibility index (Phi) is 5.22. The van der Waals surface area contributed by atoms with Gasteiger partial charge in [0.15, 0.2) is 0 Å². The van der Waals surface area contributed by atoms with Crippen LogP contribution in [0, 0.1) is 5.92 Å². The number of carbonyl (C=O) groups is 1. The minimum atomic E-state index is -0.0285. The van der Waals surface area contributed by atoms with E-state index in [1.165, 1.54) is 0 Å². The van der Waals surface area contributed by atoms with Crippen LogP contribution in [0.4, 0.5) is 0 Å². The Morgan fingerprint density at radius 3 is 2.50 bits per heavy atom. The lowest BCUT2D eigenvalue weighted by Crippen LogP contribution is -2.60. The molecule has 0 aromatic rings. The fourth-order valence-corrected chi connectivity index (χ4v) is 1.69. The summed E-state index contributed by atoms with van der Waals surface area (Å²) in [4.78, 5) is 14.0. The molecule has 94 valence electrons. The van der Waals surface area contributed by atoms with Gasteiger partial charge in [-0.3, -0.25) is 9.69 Å². The molecule has 1 unspecified atom stereocenters. The molecule has 1 saturated heterocycles. The Hall–Kier alpha value is -0.610. The molecule has 16 heavy (non-hydrogen) atoms. The maximum atomic E-state index is 11.8. The summed E-state index contributed by atoms with van der Waals surface area (Å²) in [7, 11) is 2.03. The molecule has 0 aromatic carbocycles. The SMILES string of the molecule is CC(C)CCNC(=O)C(C)N(C)C1CNC1. The number of nitrogens with one attached hydrogen (secondary N) is 2. The van der Waals surface area contributed by atoms with Gasteiger partial charge in [-0.1, -0.05) is 13.8 Å². The summed E-state index contributed by atoms with van der Waals surface area (Å²) in [5, 5.41) is 6.22. The van der Waals surface area contributed by atoms with Gasteiger partial charge in [0.1, 0.15) is 0 Å². The second-order valence-corrected chi connectivity index (χ2v) is 5.13. The highest BCUT2D eigenvalue weighted by atomic mass is 16.2. The lowest BCUT2D eigenvalue weighted by molar-refractivity contribution is -0.126. The number of nitrogens with zero attached hydrogens (tertiary/aromatic N) is 1. The van der Waals surface area contributed by atoms with Crippen molar-refractivity contribution in [1.29, 1.82) is 0 Å². The fraction of sp³-hybridized carbons (Fsp3) is 0.917. The predicted molar refractivity (Wildman–Crippen MR) is 66.3 cm³/mol. The van der Waals surface area contributed by atoms with Crippen molar-refractivity contribution < 1.29 is 4.79 Å². The van der Waals surface area contributed by atoms with Crippen molar-refractivity contribution in [2.45, 2.75) is 39.3 Å². The standard InChI is InChI=1S/C12H25N3O/c1-9(2)5-6-14-12(16)10(3)15(4)11-7-13-8-11/h9-11,13H,5-8H2,1-4H3,(H,14,16). The molecule has 4 nitrogen and oxygen atoms in total. The molecule has 1 aliphatic rings. The van der Waals surface area contributed by atoms with Crippen molar-refractivity contribution in [1.82, 2.24) is 15.5 Å². The Balaban J connectivity index is 2.23. The van der Waals surface area contributed by atoms with Gasteiger partial charge < -0.3 is 10.6 Å². The van der Waals surface area contributed by atoms with Crippen LogP contribution in [0.3, 0.4) is 0 Å². The van der Waals surface area contributed by atoms with Crippen molar-refractivity contribution in [2.24, 2.45) is 5.92 Å². The molecule has 2 N–H and O–H groups in total. The van der Waals surface area contributed by atoms with Crippen LogP contribution in [0.25, 0.3) is 0 Å². The van der Waals surface area contributed by atoms with E-state index in [9.17, 15) is 4.79 Å². The molecule has 4 heteroatoms. The third kappa shape index (κ3) is 3.76. The Bertz CT molecular complexity index is 226. The van der Waals surface area contributed by atoms with Crippen molar-refractivity contribution in [3.05, 3.63) is 0 Å². The van der Waals surface area contributed by atoms with E-state index < -0.39 is 0 Å². The average molecular weight is 227 g/mol. The van der Waals surface area contributed by atoms with E-state index in [1.807, 2.05) is 14.0 Å². The first-order valence-corrected chi connectivity index (χ1v) is 6.22. The third-order valence-electron chi connectivity index (χ3n) is 3.35. The van der Waals surface area contributed by atoms with E-state index in [1.54, 1.807) is 0 Å².